The number of rotatable bonds is 6. The summed E-state index contributed by atoms with van der Waals surface area (Å²) < 4.78 is 67.8. The normalized spacial score (nSPS) is 23.4. The summed E-state index contributed by atoms with van der Waals surface area (Å²) in [4.78, 5) is 24.4. The van der Waals surface area contributed by atoms with Crippen LogP contribution in [-0.2, 0) is 17.5 Å². The fourth-order valence-corrected chi connectivity index (χ4v) is 5.79. The number of carbonyl (C=O) groups excluding carboxylic acids is 1. The minimum Gasteiger partial charge on any atom is -0.351 e. The van der Waals surface area contributed by atoms with E-state index in [0.717, 1.165) is 23.5 Å². The molecule has 3 heterocycles. The minimum atomic E-state index is -4.67. The van der Waals surface area contributed by atoms with Crippen LogP contribution in [-0.4, -0.2) is 37.2 Å². The second kappa shape index (κ2) is 9.40. The zero-order chi connectivity index (χ0) is 25.6. The first-order valence-corrected chi connectivity index (χ1v) is 11.9. The second-order valence-electron chi connectivity index (χ2n) is 8.84. The van der Waals surface area contributed by atoms with Crippen molar-refractivity contribution in [2.75, 3.05) is 0 Å². The Labute approximate surface area is 207 Å². The molecule has 2 fully saturated rings. The monoisotopic (exact) mass is 521 g/mol. The maximum Gasteiger partial charge on any atom is 0.451 e. The Kier molecular flexibility index (Phi) is 6.41. The van der Waals surface area contributed by atoms with Crippen molar-refractivity contribution in [3.63, 3.8) is 0 Å². The molecule has 0 spiro atoms. The molecule has 0 bridgehead atoms. The smallest absolute Gasteiger partial charge is 0.351 e. The van der Waals surface area contributed by atoms with E-state index in [9.17, 15) is 26.7 Å². The second-order valence-corrected chi connectivity index (χ2v) is 9.92. The Balaban J connectivity index is 1.27. The van der Waals surface area contributed by atoms with Gasteiger partial charge in [-0.05, 0) is 60.5 Å². The molecular weight excluding hydrogens is 501 g/mol. The molecular formula is C24H20F5N5OS. The average molecular weight is 522 g/mol. The Morgan fingerprint density at radius 3 is 2.47 bits per heavy atom. The summed E-state index contributed by atoms with van der Waals surface area (Å²) in [5.74, 6) is -1.71. The number of carbonyl (C=O) groups is 1. The van der Waals surface area contributed by atoms with Crippen LogP contribution in [0.2, 0.25) is 0 Å². The standard InChI is InChI=1S/C24H20F5N5OS/c1-12-17-7-20(34(21(12)17)36-16-4-2-15(25)3-5-16)22(35)31-8-13-6-19(30-11-18(13)26)14-9-32-23(33-10-14)24(27,28)29/h2-6,9-12,17,20-21H,7-8H2,1H3,(H,31,35)/t12-,17?,20-,21?/m0/s1. The fraction of sp³-hybridized carbons (Fsp3) is 0.333. The van der Waals surface area contributed by atoms with Crippen LogP contribution in [0.15, 0.2) is 53.8 Å². The number of nitrogens with one attached hydrogen (secondary N) is 1. The van der Waals surface area contributed by atoms with Crippen LogP contribution >= 0.6 is 11.9 Å². The number of pyridine rings is 1. The highest BCUT2D eigenvalue weighted by molar-refractivity contribution is 7.97. The lowest BCUT2D eigenvalue weighted by molar-refractivity contribution is -0.145. The number of hydrogen-bond donors (Lipinski definition) is 1. The number of alkyl halides is 3. The van der Waals surface area contributed by atoms with Gasteiger partial charge in [-0.15, -0.1) is 0 Å². The molecule has 1 amide bonds. The Morgan fingerprint density at radius 1 is 1.11 bits per heavy atom. The van der Waals surface area contributed by atoms with Crippen molar-refractivity contribution >= 4 is 17.9 Å². The van der Waals surface area contributed by atoms with Crippen molar-refractivity contribution in [3.05, 3.63) is 71.9 Å². The maximum atomic E-state index is 14.4. The molecule has 3 aromatic rings. The lowest BCUT2D eigenvalue weighted by atomic mass is 10.1. The van der Waals surface area contributed by atoms with Gasteiger partial charge < -0.3 is 5.32 Å². The number of piperidine rings is 1. The van der Waals surface area contributed by atoms with Crippen molar-refractivity contribution in [3.8, 4) is 11.3 Å². The van der Waals surface area contributed by atoms with Crippen LogP contribution in [0.5, 0.6) is 0 Å². The number of amides is 1. The number of halogens is 5. The molecule has 2 aromatic heterocycles. The summed E-state index contributed by atoms with van der Waals surface area (Å²) in [5.41, 5.74) is 0.489. The first-order valence-electron chi connectivity index (χ1n) is 11.2. The molecule has 1 N–H and O–H groups in total. The molecule has 6 nitrogen and oxygen atoms in total. The molecule has 12 heteroatoms. The van der Waals surface area contributed by atoms with Gasteiger partial charge in [0.25, 0.3) is 0 Å². The topological polar surface area (TPSA) is 71.0 Å². The molecule has 5 rings (SSSR count). The molecule has 4 atom stereocenters. The van der Waals surface area contributed by atoms with E-state index in [1.807, 2.05) is 4.31 Å². The quantitative estimate of drug-likeness (QED) is 0.369. The number of fused-ring (bicyclic) bond motifs is 1. The Hall–Kier alpha value is -3.12. The van der Waals surface area contributed by atoms with E-state index in [-0.39, 0.29) is 41.1 Å². The van der Waals surface area contributed by atoms with Gasteiger partial charge in [0, 0.05) is 41.0 Å². The molecule has 1 saturated carbocycles. The Bertz CT molecular complexity index is 1270. The zero-order valence-electron chi connectivity index (χ0n) is 18.8. The van der Waals surface area contributed by atoms with Crippen molar-refractivity contribution in [2.24, 2.45) is 11.8 Å². The third-order valence-corrected chi connectivity index (χ3v) is 7.72. The average Bonchev–Trinajstić information content (AvgIpc) is 3.31. The predicted octanol–water partition coefficient (Wildman–Crippen LogP) is 4.87. The van der Waals surface area contributed by atoms with E-state index in [4.69, 9.17) is 0 Å². The number of benzene rings is 1. The summed E-state index contributed by atoms with van der Waals surface area (Å²) in [7, 11) is 0. The highest BCUT2D eigenvalue weighted by atomic mass is 32.2. The summed E-state index contributed by atoms with van der Waals surface area (Å²) in [5, 5.41) is 2.77. The molecule has 2 unspecified atom stereocenters. The molecule has 36 heavy (non-hydrogen) atoms. The molecule has 1 aliphatic heterocycles. The van der Waals surface area contributed by atoms with Crippen LogP contribution in [0.4, 0.5) is 22.0 Å². The van der Waals surface area contributed by atoms with Crippen molar-refractivity contribution in [1.82, 2.24) is 24.6 Å². The third kappa shape index (κ3) is 4.92. The highest BCUT2D eigenvalue weighted by Gasteiger charge is 2.60. The first kappa shape index (κ1) is 24.6. The van der Waals surface area contributed by atoms with Crippen molar-refractivity contribution in [2.45, 2.75) is 43.0 Å². The summed E-state index contributed by atoms with van der Waals surface area (Å²) >= 11 is 1.41. The number of aromatic nitrogens is 3. The van der Waals surface area contributed by atoms with Crippen LogP contribution in [0.1, 0.15) is 24.7 Å². The molecule has 1 aliphatic carbocycles. The van der Waals surface area contributed by atoms with Gasteiger partial charge in [0.1, 0.15) is 11.6 Å². The maximum absolute atomic E-state index is 14.4. The van der Waals surface area contributed by atoms with Crippen LogP contribution in [0, 0.1) is 23.5 Å². The van der Waals surface area contributed by atoms with E-state index >= 15 is 0 Å². The van der Waals surface area contributed by atoms with E-state index in [1.54, 1.807) is 12.1 Å². The lowest BCUT2D eigenvalue weighted by Gasteiger charge is -2.26. The first-order chi connectivity index (χ1) is 17.1. The van der Waals surface area contributed by atoms with Gasteiger partial charge in [-0.1, -0.05) is 6.92 Å². The van der Waals surface area contributed by atoms with E-state index in [1.165, 1.54) is 30.1 Å². The van der Waals surface area contributed by atoms with Gasteiger partial charge in [-0.2, -0.15) is 13.2 Å². The molecule has 188 valence electrons. The molecule has 0 radical (unpaired) electrons. The largest absolute Gasteiger partial charge is 0.451 e. The minimum absolute atomic E-state index is 0.127. The summed E-state index contributed by atoms with van der Waals surface area (Å²) in [6, 6.07) is 7.21. The molecule has 2 aliphatic rings. The van der Waals surface area contributed by atoms with Gasteiger partial charge in [-0.3, -0.25) is 9.78 Å². The van der Waals surface area contributed by atoms with Crippen LogP contribution in [0.3, 0.4) is 0 Å². The van der Waals surface area contributed by atoms with Crippen LogP contribution < -0.4 is 5.32 Å². The zero-order valence-corrected chi connectivity index (χ0v) is 19.7. The fourth-order valence-electron chi connectivity index (χ4n) is 4.51. The highest BCUT2D eigenvalue weighted by Crippen LogP contribution is 2.56. The third-order valence-electron chi connectivity index (χ3n) is 6.52. The Morgan fingerprint density at radius 2 is 1.81 bits per heavy atom. The lowest BCUT2D eigenvalue weighted by Crippen LogP contribution is -2.42. The van der Waals surface area contributed by atoms with E-state index < -0.39 is 23.9 Å². The predicted molar refractivity (Wildman–Crippen MR) is 121 cm³/mol. The van der Waals surface area contributed by atoms with Gasteiger partial charge >= 0.3 is 6.18 Å². The van der Waals surface area contributed by atoms with Gasteiger partial charge in [-0.25, -0.2) is 23.1 Å². The number of nitrogens with zero attached hydrogens (tertiary/aromatic N) is 4. The summed E-state index contributed by atoms with van der Waals surface area (Å²) in [6.45, 7) is 2.00. The van der Waals surface area contributed by atoms with Gasteiger partial charge in [0.05, 0.1) is 17.9 Å². The van der Waals surface area contributed by atoms with Gasteiger partial charge in [0.2, 0.25) is 11.7 Å². The molecule has 1 aromatic carbocycles. The van der Waals surface area contributed by atoms with Crippen molar-refractivity contribution in [1.29, 1.82) is 0 Å². The van der Waals surface area contributed by atoms with Crippen molar-refractivity contribution < 1.29 is 26.7 Å². The molecule has 1 saturated heterocycles. The summed E-state index contributed by atoms with van der Waals surface area (Å²) in [6.07, 6.45) is -1.13. The van der Waals surface area contributed by atoms with Crippen LogP contribution in [0.25, 0.3) is 11.3 Å². The SMILES string of the molecule is C[C@H]1C2C[C@@H](C(=O)NCc3cc(-c4cnc(C(F)(F)F)nc4)ncc3F)N(Sc3ccc(F)cc3)C21. The number of hydrogen-bond acceptors (Lipinski definition) is 6. The van der Waals surface area contributed by atoms with E-state index in [0.29, 0.717) is 18.3 Å². The van der Waals surface area contributed by atoms with Gasteiger partial charge in [0.15, 0.2) is 0 Å². The van der Waals surface area contributed by atoms with E-state index in [2.05, 4.69) is 27.2 Å².